The van der Waals surface area contributed by atoms with Gasteiger partial charge >= 0.3 is 12.1 Å². The Bertz CT molecular complexity index is 819. The molecule has 2 aromatic rings. The Morgan fingerprint density at radius 2 is 1.65 bits per heavy atom. The molecule has 0 spiro atoms. The Hall–Kier alpha value is -2.60. The Morgan fingerprint density at radius 1 is 1.12 bits per heavy atom. The molecular formula is C20H18BrNO4. The van der Waals surface area contributed by atoms with E-state index in [1.54, 1.807) is 0 Å². The van der Waals surface area contributed by atoms with Gasteiger partial charge in [0.2, 0.25) is 0 Å². The van der Waals surface area contributed by atoms with E-state index in [1.807, 2.05) is 36.4 Å². The van der Waals surface area contributed by atoms with Crippen molar-refractivity contribution in [2.24, 2.45) is 0 Å². The largest absolute Gasteiger partial charge is 0.480 e. The summed E-state index contributed by atoms with van der Waals surface area (Å²) in [5.74, 6) is -1.21. The average Bonchev–Trinajstić information content (AvgIpc) is 2.93. The number of carbonyl (C=O) groups excluding carboxylic acids is 1. The molecule has 5 nitrogen and oxygen atoms in total. The molecule has 6 heteroatoms. The second kappa shape index (κ2) is 7.74. The van der Waals surface area contributed by atoms with Crippen molar-refractivity contribution in [2.75, 3.05) is 6.61 Å². The number of fused-ring (bicyclic) bond motifs is 3. The number of hydrogen-bond acceptors (Lipinski definition) is 3. The lowest BCUT2D eigenvalue weighted by Gasteiger charge is -2.17. The van der Waals surface area contributed by atoms with Gasteiger partial charge in [-0.25, -0.2) is 9.59 Å². The smallest absolute Gasteiger partial charge is 0.407 e. The number of aliphatic carboxylic acids is 1. The summed E-state index contributed by atoms with van der Waals surface area (Å²) in [5.41, 5.74) is 4.47. The summed E-state index contributed by atoms with van der Waals surface area (Å²) in [6.07, 6.45) is -0.674. The Morgan fingerprint density at radius 3 is 2.15 bits per heavy atom. The summed E-state index contributed by atoms with van der Waals surface area (Å²) in [4.78, 5) is 23.3. The van der Waals surface area contributed by atoms with Gasteiger partial charge in [-0.3, -0.25) is 0 Å². The van der Waals surface area contributed by atoms with Gasteiger partial charge in [0.25, 0.3) is 0 Å². The van der Waals surface area contributed by atoms with E-state index < -0.39 is 18.1 Å². The van der Waals surface area contributed by atoms with Gasteiger partial charge in [-0.05, 0) is 26.7 Å². The number of carboxylic acid groups (broad SMARTS) is 1. The van der Waals surface area contributed by atoms with Crippen molar-refractivity contribution >= 4 is 28.0 Å². The molecule has 0 aromatic heterocycles. The zero-order valence-electron chi connectivity index (χ0n) is 13.9. The minimum atomic E-state index is -1.14. The summed E-state index contributed by atoms with van der Waals surface area (Å²) >= 11 is 3.11. The van der Waals surface area contributed by atoms with E-state index >= 15 is 0 Å². The van der Waals surface area contributed by atoms with Gasteiger partial charge in [0.05, 0.1) is 0 Å². The number of ether oxygens (including phenoxy) is 1. The number of alkyl carbamates (subject to hydrolysis) is 1. The van der Waals surface area contributed by atoms with E-state index in [0.29, 0.717) is 4.48 Å². The first-order valence-electron chi connectivity index (χ1n) is 8.15. The number of nitrogens with one attached hydrogen (secondary N) is 1. The standard InChI is InChI=1S/C20H18BrNO4/c1-12(21)10-18(19(23)24)22-20(25)26-11-17-15-8-4-2-6-13(15)14-7-3-5-9-16(14)17/h2-9,17-18H,1,10-11H2,(H,22,25)(H,23,24). The van der Waals surface area contributed by atoms with Crippen LogP contribution in [0.3, 0.4) is 0 Å². The maximum atomic E-state index is 12.1. The number of halogens is 1. The Balaban J connectivity index is 1.71. The molecule has 134 valence electrons. The summed E-state index contributed by atoms with van der Waals surface area (Å²) in [6, 6.07) is 14.9. The molecule has 2 N–H and O–H groups in total. The van der Waals surface area contributed by atoms with Crippen molar-refractivity contribution in [3.05, 3.63) is 70.7 Å². The monoisotopic (exact) mass is 415 g/mol. The van der Waals surface area contributed by atoms with Crippen molar-refractivity contribution in [1.82, 2.24) is 5.32 Å². The molecule has 1 amide bonds. The Kier molecular flexibility index (Phi) is 5.42. The zero-order chi connectivity index (χ0) is 18.7. The van der Waals surface area contributed by atoms with E-state index in [1.165, 1.54) is 0 Å². The SMILES string of the molecule is C=C(Br)CC(NC(=O)OCC1c2ccccc2-c2ccccc21)C(=O)O. The highest BCUT2D eigenvalue weighted by molar-refractivity contribution is 9.11. The summed E-state index contributed by atoms with van der Waals surface area (Å²) < 4.78 is 5.83. The molecule has 0 bridgehead atoms. The maximum Gasteiger partial charge on any atom is 0.407 e. The third-order valence-corrected chi connectivity index (χ3v) is 4.68. The van der Waals surface area contributed by atoms with Crippen molar-refractivity contribution in [3.8, 4) is 11.1 Å². The third-order valence-electron chi connectivity index (χ3n) is 4.36. The molecule has 1 unspecified atom stereocenters. The van der Waals surface area contributed by atoms with E-state index in [2.05, 4.69) is 40.0 Å². The lowest BCUT2D eigenvalue weighted by atomic mass is 9.98. The Labute approximate surface area is 159 Å². The molecule has 0 heterocycles. The van der Waals surface area contributed by atoms with Gasteiger partial charge < -0.3 is 15.2 Å². The molecular weight excluding hydrogens is 398 g/mol. The zero-order valence-corrected chi connectivity index (χ0v) is 15.5. The van der Waals surface area contributed by atoms with Gasteiger partial charge in [0.1, 0.15) is 12.6 Å². The molecule has 3 rings (SSSR count). The van der Waals surface area contributed by atoms with Crippen LogP contribution < -0.4 is 5.32 Å². The maximum absolute atomic E-state index is 12.1. The fourth-order valence-electron chi connectivity index (χ4n) is 3.20. The summed E-state index contributed by atoms with van der Waals surface area (Å²) in [5, 5.41) is 11.5. The normalized spacial score (nSPS) is 13.4. The topological polar surface area (TPSA) is 75.6 Å². The fraction of sp³-hybridized carbons (Fsp3) is 0.200. The highest BCUT2D eigenvalue weighted by Gasteiger charge is 2.29. The second-order valence-electron chi connectivity index (χ2n) is 6.08. The molecule has 1 aliphatic carbocycles. The van der Waals surface area contributed by atoms with E-state index in [-0.39, 0.29) is 18.9 Å². The van der Waals surface area contributed by atoms with Crippen LogP contribution in [-0.4, -0.2) is 29.8 Å². The van der Waals surface area contributed by atoms with Crippen LogP contribution in [0.15, 0.2) is 59.6 Å². The van der Waals surface area contributed by atoms with E-state index in [0.717, 1.165) is 22.3 Å². The van der Waals surface area contributed by atoms with Gasteiger partial charge in [0.15, 0.2) is 0 Å². The first-order valence-corrected chi connectivity index (χ1v) is 8.94. The lowest BCUT2D eigenvalue weighted by Crippen LogP contribution is -2.41. The molecule has 1 aliphatic rings. The van der Waals surface area contributed by atoms with Gasteiger partial charge in [-0.15, -0.1) is 0 Å². The number of benzene rings is 2. The average molecular weight is 416 g/mol. The number of amides is 1. The minimum absolute atomic E-state index is 0.0671. The first-order chi connectivity index (χ1) is 12.5. The molecule has 0 fully saturated rings. The van der Waals surface area contributed by atoms with E-state index in [9.17, 15) is 14.7 Å². The van der Waals surface area contributed by atoms with Crippen molar-refractivity contribution < 1.29 is 19.4 Å². The minimum Gasteiger partial charge on any atom is -0.480 e. The predicted octanol–water partition coefficient (Wildman–Crippen LogP) is 4.28. The highest BCUT2D eigenvalue weighted by atomic mass is 79.9. The summed E-state index contributed by atoms with van der Waals surface area (Å²) in [6.45, 7) is 3.75. The lowest BCUT2D eigenvalue weighted by molar-refractivity contribution is -0.139. The van der Waals surface area contributed by atoms with Crippen molar-refractivity contribution in [3.63, 3.8) is 0 Å². The molecule has 0 saturated carbocycles. The van der Waals surface area contributed by atoms with Crippen LogP contribution in [-0.2, 0) is 9.53 Å². The number of carboxylic acids is 1. The van der Waals surface area contributed by atoms with Gasteiger partial charge in [0, 0.05) is 12.3 Å². The van der Waals surface area contributed by atoms with Gasteiger partial charge in [-0.2, -0.15) is 0 Å². The first kappa shape index (κ1) is 18.2. The van der Waals surface area contributed by atoms with E-state index in [4.69, 9.17) is 4.74 Å². The number of carbonyl (C=O) groups is 2. The number of rotatable bonds is 6. The van der Waals surface area contributed by atoms with Crippen LogP contribution in [0.25, 0.3) is 11.1 Å². The molecule has 0 aliphatic heterocycles. The molecule has 1 atom stereocenters. The third kappa shape index (κ3) is 3.80. The van der Waals surface area contributed by atoms with Crippen molar-refractivity contribution in [1.29, 1.82) is 0 Å². The van der Waals surface area contributed by atoms with Crippen LogP contribution in [0.5, 0.6) is 0 Å². The van der Waals surface area contributed by atoms with Crippen LogP contribution in [0, 0.1) is 0 Å². The molecule has 0 saturated heterocycles. The summed E-state index contributed by atoms with van der Waals surface area (Å²) in [7, 11) is 0. The second-order valence-corrected chi connectivity index (χ2v) is 7.20. The van der Waals surface area contributed by atoms with Crippen LogP contribution in [0.4, 0.5) is 4.79 Å². The molecule has 26 heavy (non-hydrogen) atoms. The molecule has 2 aromatic carbocycles. The van der Waals surface area contributed by atoms with Crippen molar-refractivity contribution in [2.45, 2.75) is 18.4 Å². The van der Waals surface area contributed by atoms with Gasteiger partial charge in [-0.1, -0.05) is 71.0 Å². The van der Waals surface area contributed by atoms with Crippen LogP contribution in [0.1, 0.15) is 23.5 Å². The predicted molar refractivity (Wildman–Crippen MR) is 102 cm³/mol. The van der Waals surface area contributed by atoms with Crippen LogP contribution >= 0.6 is 15.9 Å². The molecule has 0 radical (unpaired) electrons. The van der Waals surface area contributed by atoms with Crippen LogP contribution in [0.2, 0.25) is 0 Å². The number of hydrogen-bond donors (Lipinski definition) is 2. The fourth-order valence-corrected chi connectivity index (χ4v) is 3.53. The quantitative estimate of drug-likeness (QED) is 0.737. The highest BCUT2D eigenvalue weighted by Crippen LogP contribution is 2.44.